The van der Waals surface area contributed by atoms with Crippen LogP contribution >= 0.6 is 0 Å². The van der Waals surface area contributed by atoms with Crippen molar-refractivity contribution in [2.75, 3.05) is 7.11 Å². The van der Waals surface area contributed by atoms with E-state index in [9.17, 15) is 22.0 Å². The third-order valence-electron chi connectivity index (χ3n) is 2.89. The Morgan fingerprint density at radius 2 is 1.89 bits per heavy atom. The van der Waals surface area contributed by atoms with E-state index in [4.69, 9.17) is 4.74 Å². The lowest BCUT2D eigenvalue weighted by molar-refractivity contribution is -0.152. The van der Waals surface area contributed by atoms with Gasteiger partial charge < -0.3 is 4.74 Å². The molecule has 0 saturated carbocycles. The van der Waals surface area contributed by atoms with Crippen LogP contribution in [0.3, 0.4) is 0 Å². The molecule has 0 bridgehead atoms. The minimum atomic E-state index is -4.17. The third-order valence-corrected chi connectivity index (χ3v) is 2.89. The van der Waals surface area contributed by atoms with Crippen molar-refractivity contribution in [2.45, 2.75) is 38.2 Å². The molecule has 0 aromatic heterocycles. The van der Waals surface area contributed by atoms with Crippen LogP contribution in [0, 0.1) is 5.82 Å². The zero-order valence-electron chi connectivity index (χ0n) is 10.6. The predicted octanol–water partition coefficient (Wildman–Crippen LogP) is 4.37. The van der Waals surface area contributed by atoms with Crippen LogP contribution in [-0.2, 0) is 11.2 Å². The fourth-order valence-corrected chi connectivity index (χ4v) is 1.72. The first-order valence-corrected chi connectivity index (χ1v) is 5.79. The molecule has 1 unspecified atom stereocenters. The van der Waals surface area contributed by atoms with E-state index >= 15 is 0 Å². The van der Waals surface area contributed by atoms with Gasteiger partial charge in [0.25, 0.3) is 0 Å². The van der Waals surface area contributed by atoms with Crippen molar-refractivity contribution in [3.63, 3.8) is 0 Å². The van der Waals surface area contributed by atoms with Gasteiger partial charge in [0.1, 0.15) is 5.82 Å². The number of methoxy groups -OCH3 is 1. The van der Waals surface area contributed by atoms with E-state index in [0.717, 1.165) is 13.2 Å². The number of hydrogen-bond donors (Lipinski definition) is 0. The van der Waals surface area contributed by atoms with Crippen LogP contribution in [0.15, 0.2) is 18.2 Å². The minimum Gasteiger partial charge on any atom is -0.377 e. The van der Waals surface area contributed by atoms with Crippen LogP contribution in [0.2, 0.25) is 0 Å². The molecule has 0 N–H and O–H groups in total. The van der Waals surface area contributed by atoms with E-state index in [1.165, 1.54) is 12.1 Å². The van der Waals surface area contributed by atoms with Crippen molar-refractivity contribution in [2.24, 2.45) is 0 Å². The van der Waals surface area contributed by atoms with Gasteiger partial charge in [-0.2, -0.15) is 0 Å². The summed E-state index contributed by atoms with van der Waals surface area (Å²) in [5.74, 6) is -4.72. The smallest absolute Gasteiger partial charge is 0.310 e. The van der Waals surface area contributed by atoms with E-state index < -0.39 is 30.7 Å². The molecule has 19 heavy (non-hydrogen) atoms. The summed E-state index contributed by atoms with van der Waals surface area (Å²) < 4.78 is 68.6. The molecule has 1 aromatic carbocycles. The zero-order valence-corrected chi connectivity index (χ0v) is 10.6. The Hall–Kier alpha value is -1.17. The molecule has 0 fully saturated rings. The van der Waals surface area contributed by atoms with Crippen LogP contribution in [-0.4, -0.2) is 19.5 Å². The largest absolute Gasteiger partial charge is 0.377 e. The Balaban J connectivity index is 2.95. The molecular weight excluding hydrogens is 267 g/mol. The number of hydrogen-bond acceptors (Lipinski definition) is 1. The van der Waals surface area contributed by atoms with Crippen molar-refractivity contribution in [3.05, 3.63) is 35.1 Å². The highest BCUT2D eigenvalue weighted by Gasteiger charge is 2.43. The lowest BCUT2D eigenvalue weighted by Gasteiger charge is -2.22. The molecule has 1 rings (SSSR count). The first kappa shape index (κ1) is 15.9. The molecule has 0 radical (unpaired) electrons. The summed E-state index contributed by atoms with van der Waals surface area (Å²) in [6.45, 7) is 1.75. The number of alkyl halides is 4. The maximum atomic E-state index is 13.5. The topological polar surface area (TPSA) is 9.23 Å². The monoisotopic (exact) mass is 282 g/mol. The highest BCUT2D eigenvalue weighted by molar-refractivity contribution is 5.26. The summed E-state index contributed by atoms with van der Waals surface area (Å²) in [5, 5.41) is 0. The molecule has 0 aliphatic heterocycles. The maximum Gasteiger partial charge on any atom is 0.310 e. The SMILES string of the molecule is CCc1ccc(C(CC(F)(F)C(F)F)OC)cc1F. The Labute approximate surface area is 108 Å². The van der Waals surface area contributed by atoms with Crippen LogP contribution in [0.1, 0.15) is 30.6 Å². The lowest BCUT2D eigenvalue weighted by Crippen LogP contribution is -2.29. The van der Waals surface area contributed by atoms with Crippen molar-refractivity contribution >= 4 is 0 Å². The molecule has 0 aliphatic carbocycles. The fraction of sp³-hybridized carbons (Fsp3) is 0.538. The fourth-order valence-electron chi connectivity index (χ4n) is 1.72. The standard InChI is InChI=1S/C13H15F5O/c1-3-8-4-5-9(6-10(8)14)11(19-2)7-13(17,18)12(15)16/h4-6,11-12H,3,7H2,1-2H3. The average Bonchev–Trinajstić information content (AvgIpc) is 2.35. The molecule has 0 amide bonds. The number of aryl methyl sites for hydroxylation is 1. The van der Waals surface area contributed by atoms with E-state index in [1.807, 2.05) is 0 Å². The van der Waals surface area contributed by atoms with Crippen LogP contribution < -0.4 is 0 Å². The second kappa shape index (κ2) is 6.32. The van der Waals surface area contributed by atoms with Gasteiger partial charge in [-0.25, -0.2) is 22.0 Å². The van der Waals surface area contributed by atoms with Gasteiger partial charge in [-0.1, -0.05) is 19.1 Å². The van der Waals surface area contributed by atoms with E-state index in [2.05, 4.69) is 0 Å². The molecular formula is C13H15F5O. The van der Waals surface area contributed by atoms with Gasteiger partial charge in [0.15, 0.2) is 0 Å². The first-order valence-electron chi connectivity index (χ1n) is 5.79. The summed E-state index contributed by atoms with van der Waals surface area (Å²) in [5.41, 5.74) is 0.553. The quantitative estimate of drug-likeness (QED) is 0.704. The maximum absolute atomic E-state index is 13.5. The molecule has 6 heteroatoms. The molecule has 0 saturated heterocycles. The Bertz CT molecular complexity index is 419. The molecule has 0 heterocycles. The summed E-state index contributed by atoms with van der Waals surface area (Å²) in [6, 6.07) is 3.91. The van der Waals surface area contributed by atoms with Gasteiger partial charge in [0.2, 0.25) is 0 Å². The van der Waals surface area contributed by atoms with Crippen molar-refractivity contribution in [3.8, 4) is 0 Å². The van der Waals surface area contributed by atoms with Crippen molar-refractivity contribution in [1.82, 2.24) is 0 Å². The van der Waals surface area contributed by atoms with E-state index in [1.54, 1.807) is 6.92 Å². The van der Waals surface area contributed by atoms with Gasteiger partial charge in [0, 0.05) is 13.5 Å². The van der Waals surface area contributed by atoms with Gasteiger partial charge in [-0.3, -0.25) is 0 Å². The molecule has 1 aromatic rings. The lowest BCUT2D eigenvalue weighted by atomic mass is 10.0. The van der Waals surface area contributed by atoms with Gasteiger partial charge >= 0.3 is 12.3 Å². The summed E-state index contributed by atoms with van der Waals surface area (Å²) >= 11 is 0. The number of benzene rings is 1. The predicted molar refractivity (Wildman–Crippen MR) is 61.1 cm³/mol. The summed E-state index contributed by atoms with van der Waals surface area (Å²) in [6.07, 6.45) is -5.78. The number of ether oxygens (including phenoxy) is 1. The highest BCUT2D eigenvalue weighted by Crippen LogP contribution is 2.35. The zero-order chi connectivity index (χ0) is 14.6. The Morgan fingerprint density at radius 3 is 2.32 bits per heavy atom. The molecule has 108 valence electrons. The second-order valence-electron chi connectivity index (χ2n) is 4.19. The van der Waals surface area contributed by atoms with E-state index in [0.29, 0.717) is 12.0 Å². The van der Waals surface area contributed by atoms with Crippen LogP contribution in [0.25, 0.3) is 0 Å². The first-order chi connectivity index (χ1) is 8.81. The number of halogens is 5. The van der Waals surface area contributed by atoms with Crippen LogP contribution in [0.4, 0.5) is 22.0 Å². The Kier molecular flexibility index (Phi) is 5.29. The van der Waals surface area contributed by atoms with Gasteiger partial charge in [0.05, 0.1) is 6.10 Å². The van der Waals surface area contributed by atoms with Crippen LogP contribution in [0.5, 0.6) is 0 Å². The van der Waals surface area contributed by atoms with Gasteiger partial charge in [-0.15, -0.1) is 0 Å². The second-order valence-corrected chi connectivity index (χ2v) is 4.19. The molecule has 1 nitrogen and oxygen atoms in total. The minimum absolute atomic E-state index is 0.123. The molecule has 1 atom stereocenters. The van der Waals surface area contributed by atoms with E-state index in [-0.39, 0.29) is 5.56 Å². The van der Waals surface area contributed by atoms with Crippen molar-refractivity contribution < 1.29 is 26.7 Å². The Morgan fingerprint density at radius 1 is 1.26 bits per heavy atom. The van der Waals surface area contributed by atoms with Gasteiger partial charge in [-0.05, 0) is 23.6 Å². The summed E-state index contributed by atoms with van der Waals surface area (Å²) in [7, 11) is 1.12. The molecule has 0 aliphatic rings. The highest BCUT2D eigenvalue weighted by atomic mass is 19.3. The average molecular weight is 282 g/mol. The van der Waals surface area contributed by atoms with Crippen molar-refractivity contribution in [1.29, 1.82) is 0 Å². The normalized spacial score (nSPS) is 13.9. The summed E-state index contributed by atoms with van der Waals surface area (Å²) in [4.78, 5) is 0. The number of rotatable bonds is 6. The third kappa shape index (κ3) is 3.89. The molecule has 0 spiro atoms.